The molecule has 150 valence electrons. The van der Waals surface area contributed by atoms with Crippen molar-refractivity contribution in [3.8, 4) is 11.5 Å². The maximum atomic E-state index is 12.4. The van der Waals surface area contributed by atoms with Gasteiger partial charge in [0, 0.05) is 22.8 Å². The molecule has 1 heterocycles. The van der Waals surface area contributed by atoms with E-state index in [-0.39, 0.29) is 33.4 Å². The SMILES string of the molecule is Cc1ccc(C(=O)CSc2nnc(-c3ccc(C(C)(C)C)cc3)o2)cc1[N+](=O)[O-]. The Morgan fingerprint density at radius 2 is 1.83 bits per heavy atom. The molecule has 0 aliphatic carbocycles. The third-order valence-electron chi connectivity index (χ3n) is 4.46. The van der Waals surface area contributed by atoms with E-state index in [2.05, 4.69) is 31.0 Å². The Morgan fingerprint density at radius 1 is 1.14 bits per heavy atom. The van der Waals surface area contributed by atoms with E-state index in [4.69, 9.17) is 4.42 Å². The fourth-order valence-electron chi connectivity index (χ4n) is 2.69. The van der Waals surface area contributed by atoms with Gasteiger partial charge in [-0.25, -0.2) is 0 Å². The molecule has 3 rings (SSSR count). The third kappa shape index (κ3) is 4.89. The lowest BCUT2D eigenvalue weighted by atomic mass is 9.87. The second-order valence-electron chi connectivity index (χ2n) is 7.67. The number of hydrogen-bond donors (Lipinski definition) is 0. The highest BCUT2D eigenvalue weighted by molar-refractivity contribution is 7.99. The normalized spacial score (nSPS) is 11.4. The van der Waals surface area contributed by atoms with Crippen molar-refractivity contribution in [1.29, 1.82) is 0 Å². The summed E-state index contributed by atoms with van der Waals surface area (Å²) in [7, 11) is 0. The Balaban J connectivity index is 1.67. The van der Waals surface area contributed by atoms with Gasteiger partial charge in [-0.2, -0.15) is 0 Å². The summed E-state index contributed by atoms with van der Waals surface area (Å²) in [5.41, 5.74) is 2.79. The Morgan fingerprint density at radius 3 is 2.45 bits per heavy atom. The average molecular weight is 411 g/mol. The fraction of sp³-hybridized carbons (Fsp3) is 0.286. The van der Waals surface area contributed by atoms with Gasteiger partial charge in [-0.15, -0.1) is 10.2 Å². The first kappa shape index (κ1) is 20.7. The maximum Gasteiger partial charge on any atom is 0.277 e. The van der Waals surface area contributed by atoms with Crippen LogP contribution < -0.4 is 0 Å². The molecule has 0 amide bonds. The molecule has 0 aliphatic rings. The molecule has 0 atom stereocenters. The smallest absolute Gasteiger partial charge is 0.277 e. The van der Waals surface area contributed by atoms with Crippen LogP contribution in [0.3, 0.4) is 0 Å². The standard InChI is InChI=1S/C21H21N3O4S/c1-13-5-6-15(11-17(13)24(26)27)18(25)12-29-20-23-22-19(28-20)14-7-9-16(10-8-14)21(2,3)4/h5-11H,12H2,1-4H3. The van der Waals surface area contributed by atoms with Gasteiger partial charge in [0.1, 0.15) is 0 Å². The van der Waals surface area contributed by atoms with Crippen molar-refractivity contribution in [2.45, 2.75) is 38.3 Å². The van der Waals surface area contributed by atoms with Crippen LogP contribution in [0.15, 0.2) is 52.1 Å². The van der Waals surface area contributed by atoms with Gasteiger partial charge in [-0.05, 0) is 30.0 Å². The van der Waals surface area contributed by atoms with E-state index in [9.17, 15) is 14.9 Å². The van der Waals surface area contributed by atoms with Crippen molar-refractivity contribution in [2.75, 3.05) is 5.75 Å². The number of rotatable bonds is 6. The number of aromatic nitrogens is 2. The lowest BCUT2D eigenvalue weighted by Crippen LogP contribution is -2.10. The number of nitro groups is 1. The monoisotopic (exact) mass is 411 g/mol. The first-order chi connectivity index (χ1) is 13.6. The van der Waals surface area contributed by atoms with Gasteiger partial charge in [0.15, 0.2) is 5.78 Å². The molecule has 3 aromatic rings. The highest BCUT2D eigenvalue weighted by Crippen LogP contribution is 2.28. The summed E-state index contributed by atoms with van der Waals surface area (Å²) < 4.78 is 5.64. The Bertz CT molecular complexity index is 1050. The minimum absolute atomic E-state index is 0.0464. The van der Waals surface area contributed by atoms with Gasteiger partial charge in [0.05, 0.1) is 10.7 Å². The summed E-state index contributed by atoms with van der Waals surface area (Å²) in [4.78, 5) is 22.9. The number of carbonyl (C=O) groups excluding carboxylic acids is 1. The molecule has 0 N–H and O–H groups in total. The summed E-state index contributed by atoms with van der Waals surface area (Å²) >= 11 is 1.11. The van der Waals surface area contributed by atoms with E-state index in [0.717, 1.165) is 17.3 Å². The highest BCUT2D eigenvalue weighted by Gasteiger charge is 2.18. The van der Waals surface area contributed by atoms with Crippen LogP contribution in [-0.2, 0) is 5.41 Å². The molecule has 29 heavy (non-hydrogen) atoms. The van der Waals surface area contributed by atoms with Gasteiger partial charge in [-0.1, -0.05) is 56.8 Å². The molecular weight excluding hydrogens is 390 g/mol. The minimum atomic E-state index is -0.492. The predicted octanol–water partition coefficient (Wildman–Crippen LogP) is 5.23. The minimum Gasteiger partial charge on any atom is -0.411 e. The second kappa shape index (κ2) is 8.16. The van der Waals surface area contributed by atoms with Gasteiger partial charge < -0.3 is 4.42 Å². The largest absolute Gasteiger partial charge is 0.411 e. The number of ketones is 1. The molecule has 0 spiro atoms. The van der Waals surface area contributed by atoms with Crippen molar-refractivity contribution >= 4 is 23.2 Å². The van der Waals surface area contributed by atoms with E-state index in [1.165, 1.54) is 11.6 Å². The number of thioether (sulfide) groups is 1. The molecule has 2 aromatic carbocycles. The van der Waals surface area contributed by atoms with Crippen molar-refractivity contribution in [2.24, 2.45) is 0 Å². The number of aryl methyl sites for hydroxylation is 1. The van der Waals surface area contributed by atoms with Crippen LogP contribution in [0.25, 0.3) is 11.5 Å². The number of Topliss-reactive ketones (excluding diaryl/α,β-unsaturated/α-hetero) is 1. The van der Waals surface area contributed by atoms with E-state index >= 15 is 0 Å². The van der Waals surface area contributed by atoms with E-state index < -0.39 is 4.92 Å². The molecule has 0 saturated carbocycles. The van der Waals surface area contributed by atoms with E-state index in [1.807, 2.05) is 24.3 Å². The summed E-state index contributed by atoms with van der Waals surface area (Å²) in [5, 5.41) is 19.3. The van der Waals surface area contributed by atoms with Crippen LogP contribution in [0, 0.1) is 17.0 Å². The lowest BCUT2D eigenvalue weighted by Gasteiger charge is -2.18. The van der Waals surface area contributed by atoms with E-state index in [1.54, 1.807) is 19.1 Å². The van der Waals surface area contributed by atoms with E-state index in [0.29, 0.717) is 11.5 Å². The van der Waals surface area contributed by atoms with Gasteiger partial charge >= 0.3 is 0 Å². The first-order valence-corrected chi connectivity index (χ1v) is 9.99. The topological polar surface area (TPSA) is 99.1 Å². The number of nitro benzene ring substituents is 1. The summed E-state index contributed by atoms with van der Waals surface area (Å²) in [6.07, 6.45) is 0. The zero-order chi connectivity index (χ0) is 21.2. The van der Waals surface area contributed by atoms with Crippen LogP contribution in [0.4, 0.5) is 5.69 Å². The summed E-state index contributed by atoms with van der Waals surface area (Å²) in [5.74, 6) is 0.184. The molecule has 1 aromatic heterocycles. The predicted molar refractivity (Wildman–Crippen MR) is 111 cm³/mol. The molecule has 8 heteroatoms. The zero-order valence-corrected chi connectivity index (χ0v) is 17.4. The molecular formula is C21H21N3O4S. The zero-order valence-electron chi connectivity index (χ0n) is 16.6. The number of hydrogen-bond acceptors (Lipinski definition) is 7. The van der Waals surface area contributed by atoms with Gasteiger partial charge in [0.25, 0.3) is 10.9 Å². The number of carbonyl (C=O) groups is 1. The van der Waals surface area contributed by atoms with Crippen molar-refractivity contribution in [3.05, 3.63) is 69.3 Å². The quantitative estimate of drug-likeness (QED) is 0.237. The van der Waals surface area contributed by atoms with Crippen molar-refractivity contribution in [1.82, 2.24) is 10.2 Å². The Hall–Kier alpha value is -3.00. The Labute approximate surface area is 172 Å². The maximum absolute atomic E-state index is 12.4. The number of benzene rings is 2. The summed E-state index contributed by atoms with van der Waals surface area (Å²) in [6, 6.07) is 12.4. The van der Waals surface area contributed by atoms with Crippen LogP contribution >= 0.6 is 11.8 Å². The average Bonchev–Trinajstić information content (AvgIpc) is 3.14. The van der Waals surface area contributed by atoms with Gasteiger partial charge in [-0.3, -0.25) is 14.9 Å². The van der Waals surface area contributed by atoms with Crippen LogP contribution in [0.2, 0.25) is 0 Å². The van der Waals surface area contributed by atoms with Crippen molar-refractivity contribution < 1.29 is 14.1 Å². The Kier molecular flexibility index (Phi) is 5.83. The third-order valence-corrected chi connectivity index (χ3v) is 5.28. The van der Waals surface area contributed by atoms with Crippen LogP contribution in [0.1, 0.15) is 42.3 Å². The lowest BCUT2D eigenvalue weighted by molar-refractivity contribution is -0.385. The molecule has 0 radical (unpaired) electrons. The molecule has 0 fully saturated rings. The van der Waals surface area contributed by atoms with Crippen LogP contribution in [0.5, 0.6) is 0 Å². The molecule has 0 unspecified atom stereocenters. The van der Waals surface area contributed by atoms with Crippen LogP contribution in [-0.4, -0.2) is 26.7 Å². The van der Waals surface area contributed by atoms with Gasteiger partial charge in [0.2, 0.25) is 5.89 Å². The summed E-state index contributed by atoms with van der Waals surface area (Å²) in [6.45, 7) is 8.06. The molecule has 7 nitrogen and oxygen atoms in total. The number of nitrogens with zero attached hydrogens (tertiary/aromatic N) is 3. The second-order valence-corrected chi connectivity index (χ2v) is 8.60. The molecule has 0 saturated heterocycles. The molecule has 0 aliphatic heterocycles. The highest BCUT2D eigenvalue weighted by atomic mass is 32.2. The van der Waals surface area contributed by atoms with Crippen molar-refractivity contribution in [3.63, 3.8) is 0 Å². The molecule has 0 bridgehead atoms. The first-order valence-electron chi connectivity index (χ1n) is 9.00. The fourth-order valence-corrected chi connectivity index (χ4v) is 3.35.